The zero-order chi connectivity index (χ0) is 20.5. The average Bonchev–Trinajstić information content (AvgIpc) is 3.45. The molecule has 7 heteroatoms. The van der Waals surface area contributed by atoms with Crippen LogP contribution in [0.15, 0.2) is 42.5 Å². The Morgan fingerprint density at radius 3 is 2.29 bits per heavy atom. The van der Waals surface area contributed by atoms with Crippen LogP contribution in [0.1, 0.15) is 30.1 Å². The van der Waals surface area contributed by atoms with Crippen molar-refractivity contribution in [2.24, 2.45) is 0 Å². The zero-order valence-electron chi connectivity index (χ0n) is 16.2. The lowest BCUT2D eigenvalue weighted by atomic mass is 10.0. The van der Waals surface area contributed by atoms with Gasteiger partial charge in [0, 0.05) is 18.3 Å². The summed E-state index contributed by atoms with van der Waals surface area (Å²) in [5, 5.41) is 0. The molecule has 28 heavy (non-hydrogen) atoms. The van der Waals surface area contributed by atoms with Crippen molar-refractivity contribution in [3.05, 3.63) is 53.8 Å². The summed E-state index contributed by atoms with van der Waals surface area (Å²) in [5.41, 5.74) is 1.42. The van der Waals surface area contributed by atoms with Crippen molar-refractivity contribution in [1.29, 1.82) is 0 Å². The first-order valence-electron chi connectivity index (χ1n) is 9.14. The van der Waals surface area contributed by atoms with Crippen molar-refractivity contribution >= 4 is 15.7 Å². The number of nitrogens with zero attached hydrogens (tertiary/aromatic N) is 1. The summed E-state index contributed by atoms with van der Waals surface area (Å²) in [6, 6.07) is 11.2. The van der Waals surface area contributed by atoms with Gasteiger partial charge in [-0.05, 0) is 55.2 Å². The van der Waals surface area contributed by atoms with Crippen LogP contribution < -0.4 is 4.74 Å². The Labute approximate surface area is 165 Å². The third kappa shape index (κ3) is 4.70. The Bertz CT molecular complexity index is 968. The molecule has 0 heterocycles. The number of amides is 1. The van der Waals surface area contributed by atoms with E-state index in [1.165, 1.54) is 17.0 Å². The highest BCUT2D eigenvalue weighted by Gasteiger charge is 2.38. The fraction of sp³-hybridized carbons (Fsp3) is 0.381. The normalized spacial score (nSPS) is 15.1. The number of carbonyl (C=O) groups excluding carboxylic acids is 1. The van der Waals surface area contributed by atoms with Crippen LogP contribution in [0.5, 0.6) is 5.75 Å². The van der Waals surface area contributed by atoms with Crippen LogP contribution in [0, 0.1) is 5.82 Å². The summed E-state index contributed by atoms with van der Waals surface area (Å²) < 4.78 is 43.2. The Hall–Kier alpha value is -2.41. The molecule has 0 saturated heterocycles. The van der Waals surface area contributed by atoms with Gasteiger partial charge in [-0.3, -0.25) is 4.79 Å². The summed E-state index contributed by atoms with van der Waals surface area (Å²) in [5.74, 6) is -0.509. The zero-order valence-corrected chi connectivity index (χ0v) is 17.0. The predicted molar refractivity (Wildman–Crippen MR) is 107 cm³/mol. The van der Waals surface area contributed by atoms with Gasteiger partial charge in [0.15, 0.2) is 0 Å². The van der Waals surface area contributed by atoms with E-state index in [1.807, 2.05) is 12.1 Å². The summed E-state index contributed by atoms with van der Waals surface area (Å²) in [6.45, 7) is 1.70. The number of sulfone groups is 1. The van der Waals surface area contributed by atoms with Gasteiger partial charge in [-0.2, -0.15) is 0 Å². The van der Waals surface area contributed by atoms with E-state index in [0.29, 0.717) is 11.3 Å². The highest BCUT2D eigenvalue weighted by atomic mass is 32.2. The Kier molecular flexibility index (Phi) is 5.74. The fourth-order valence-electron chi connectivity index (χ4n) is 3.39. The van der Waals surface area contributed by atoms with Crippen molar-refractivity contribution in [1.82, 2.24) is 4.90 Å². The molecule has 1 aliphatic rings. The molecule has 0 bridgehead atoms. The largest absolute Gasteiger partial charge is 0.497 e. The molecule has 1 saturated carbocycles. The van der Waals surface area contributed by atoms with Gasteiger partial charge >= 0.3 is 0 Å². The molecule has 1 fully saturated rings. The van der Waals surface area contributed by atoms with Gasteiger partial charge in [0.2, 0.25) is 0 Å². The molecule has 1 aliphatic carbocycles. The minimum Gasteiger partial charge on any atom is -0.497 e. The van der Waals surface area contributed by atoms with Crippen LogP contribution in [-0.4, -0.2) is 50.4 Å². The van der Waals surface area contributed by atoms with E-state index in [9.17, 15) is 17.6 Å². The van der Waals surface area contributed by atoms with Crippen LogP contribution in [0.2, 0.25) is 0 Å². The van der Waals surface area contributed by atoms with E-state index in [2.05, 4.69) is 0 Å². The number of carbonyl (C=O) groups is 1. The molecular formula is C21H24FNO4S. The van der Waals surface area contributed by atoms with E-state index >= 15 is 0 Å². The van der Waals surface area contributed by atoms with Crippen LogP contribution in [-0.2, 0) is 9.84 Å². The van der Waals surface area contributed by atoms with Crippen LogP contribution in [0.4, 0.5) is 4.39 Å². The van der Waals surface area contributed by atoms with Crippen LogP contribution in [0.25, 0.3) is 11.1 Å². The van der Waals surface area contributed by atoms with Crippen molar-refractivity contribution in [3.63, 3.8) is 0 Å². The molecule has 1 unspecified atom stereocenters. The molecule has 2 aromatic rings. The first kappa shape index (κ1) is 20.3. The number of rotatable bonds is 7. The molecule has 3 rings (SSSR count). The predicted octanol–water partition coefficient (Wildman–Crippen LogP) is 3.54. The summed E-state index contributed by atoms with van der Waals surface area (Å²) >= 11 is 0. The molecule has 5 nitrogen and oxygen atoms in total. The third-order valence-corrected chi connectivity index (χ3v) is 5.90. The van der Waals surface area contributed by atoms with Gasteiger partial charge in [-0.25, -0.2) is 12.8 Å². The second-order valence-corrected chi connectivity index (χ2v) is 9.49. The summed E-state index contributed by atoms with van der Waals surface area (Å²) in [7, 11) is -1.67. The Morgan fingerprint density at radius 1 is 1.18 bits per heavy atom. The second kappa shape index (κ2) is 7.91. The van der Waals surface area contributed by atoms with Crippen molar-refractivity contribution < 1.29 is 22.3 Å². The van der Waals surface area contributed by atoms with E-state index in [-0.39, 0.29) is 17.4 Å². The first-order chi connectivity index (χ1) is 13.2. The van der Waals surface area contributed by atoms with Gasteiger partial charge in [0.25, 0.3) is 5.91 Å². The summed E-state index contributed by atoms with van der Waals surface area (Å²) in [6.07, 6.45) is 2.76. The topological polar surface area (TPSA) is 63.7 Å². The molecule has 150 valence electrons. The monoisotopic (exact) mass is 405 g/mol. The number of methoxy groups -OCH3 is 1. The molecule has 0 radical (unpaired) electrons. The highest BCUT2D eigenvalue weighted by molar-refractivity contribution is 7.90. The third-order valence-electron chi connectivity index (χ3n) is 4.82. The lowest BCUT2D eigenvalue weighted by Gasteiger charge is -2.29. The SMILES string of the molecule is COc1ccc(-c2ccc(C(=O)N(C(C)CS(C)(=O)=O)C3CC3)c(F)c2)cc1. The van der Waals surface area contributed by atoms with E-state index in [0.717, 1.165) is 24.7 Å². The number of benzene rings is 2. The average molecular weight is 405 g/mol. The van der Waals surface area contributed by atoms with Crippen LogP contribution >= 0.6 is 0 Å². The van der Waals surface area contributed by atoms with Gasteiger partial charge in [0.1, 0.15) is 21.4 Å². The quantitative estimate of drug-likeness (QED) is 0.707. The number of ether oxygens (including phenoxy) is 1. The van der Waals surface area contributed by atoms with Crippen molar-refractivity contribution in [3.8, 4) is 16.9 Å². The number of hydrogen-bond donors (Lipinski definition) is 0. The van der Waals surface area contributed by atoms with Crippen LogP contribution in [0.3, 0.4) is 0 Å². The van der Waals surface area contributed by atoms with E-state index < -0.39 is 27.6 Å². The minimum atomic E-state index is -3.25. The van der Waals surface area contributed by atoms with E-state index in [4.69, 9.17) is 4.74 Å². The van der Waals surface area contributed by atoms with Gasteiger partial charge in [-0.15, -0.1) is 0 Å². The molecule has 0 spiro atoms. The molecule has 0 aromatic heterocycles. The maximum absolute atomic E-state index is 14.8. The highest BCUT2D eigenvalue weighted by Crippen LogP contribution is 2.32. The molecule has 0 aliphatic heterocycles. The first-order valence-corrected chi connectivity index (χ1v) is 11.2. The molecule has 0 N–H and O–H groups in total. The smallest absolute Gasteiger partial charge is 0.257 e. The standard InChI is InChI=1S/C21H24FNO4S/c1-14(13-28(3,25)26)23(17-7-8-17)21(24)19-11-6-16(12-20(19)22)15-4-9-18(27-2)10-5-15/h4-6,9-12,14,17H,7-8,13H2,1-3H3. The maximum Gasteiger partial charge on any atom is 0.257 e. The number of halogens is 1. The van der Waals surface area contributed by atoms with Crippen molar-refractivity contribution in [2.75, 3.05) is 19.1 Å². The molecule has 1 atom stereocenters. The molecule has 1 amide bonds. The fourth-order valence-corrected chi connectivity index (χ4v) is 4.42. The maximum atomic E-state index is 14.8. The second-order valence-electron chi connectivity index (χ2n) is 7.31. The van der Waals surface area contributed by atoms with E-state index in [1.54, 1.807) is 32.2 Å². The lowest BCUT2D eigenvalue weighted by Crippen LogP contribution is -2.44. The van der Waals surface area contributed by atoms with Crippen molar-refractivity contribution in [2.45, 2.75) is 31.8 Å². The van der Waals surface area contributed by atoms with Gasteiger partial charge in [-0.1, -0.05) is 18.2 Å². The van der Waals surface area contributed by atoms with Gasteiger partial charge < -0.3 is 9.64 Å². The molecule has 2 aromatic carbocycles. The Morgan fingerprint density at radius 2 is 1.79 bits per heavy atom. The molecular weight excluding hydrogens is 381 g/mol. The summed E-state index contributed by atoms with van der Waals surface area (Å²) in [4.78, 5) is 14.5. The number of hydrogen-bond acceptors (Lipinski definition) is 4. The Balaban J connectivity index is 1.86. The van der Waals surface area contributed by atoms with Gasteiger partial charge in [0.05, 0.1) is 18.4 Å². The minimum absolute atomic E-state index is 0.0232. The lowest BCUT2D eigenvalue weighted by molar-refractivity contribution is 0.0688.